The first-order chi connectivity index (χ1) is 4.54. The van der Waals surface area contributed by atoms with Gasteiger partial charge in [-0.15, -0.1) is 0 Å². The van der Waals surface area contributed by atoms with E-state index in [1.807, 2.05) is 6.26 Å². The van der Waals surface area contributed by atoms with Crippen molar-refractivity contribution in [1.82, 2.24) is 5.09 Å². The highest BCUT2D eigenvalue weighted by molar-refractivity contribution is 8.68. The summed E-state index contributed by atoms with van der Waals surface area (Å²) in [6, 6.07) is 0. The van der Waals surface area contributed by atoms with Gasteiger partial charge in [0.25, 0.3) is 0 Å². The standard InChI is InChI=1S/C4H10NO2PS2/c1-4(6)5-8(9,7-2)10-3/h1-3H3,(H,5,6,9). The van der Waals surface area contributed by atoms with Crippen molar-refractivity contribution in [2.24, 2.45) is 0 Å². The zero-order valence-corrected chi connectivity index (χ0v) is 8.61. The summed E-state index contributed by atoms with van der Waals surface area (Å²) in [5.74, 6) is -0.139. The molecule has 0 bridgehead atoms. The lowest BCUT2D eigenvalue weighted by Gasteiger charge is -2.16. The Morgan fingerprint density at radius 1 is 1.80 bits per heavy atom. The zero-order chi connectivity index (χ0) is 8.20. The van der Waals surface area contributed by atoms with Gasteiger partial charge in [0, 0.05) is 14.0 Å². The minimum atomic E-state index is -2.09. The van der Waals surface area contributed by atoms with Crippen LogP contribution in [0.1, 0.15) is 6.92 Å². The predicted molar refractivity (Wildman–Crippen MR) is 48.6 cm³/mol. The third-order valence-electron chi connectivity index (χ3n) is 0.775. The minimum absolute atomic E-state index is 0.139. The molecule has 1 atom stereocenters. The molecule has 0 spiro atoms. The van der Waals surface area contributed by atoms with Crippen LogP contribution in [0.2, 0.25) is 0 Å². The van der Waals surface area contributed by atoms with Crippen molar-refractivity contribution in [2.45, 2.75) is 6.92 Å². The highest BCUT2D eigenvalue weighted by atomic mass is 32.9. The average Bonchev–Trinajstić information content (AvgIpc) is 1.87. The summed E-state index contributed by atoms with van der Waals surface area (Å²) in [7, 11) is 1.51. The van der Waals surface area contributed by atoms with Crippen LogP contribution in [0.25, 0.3) is 0 Å². The molecule has 0 aliphatic carbocycles. The monoisotopic (exact) mass is 199 g/mol. The van der Waals surface area contributed by atoms with Crippen LogP contribution in [0.5, 0.6) is 0 Å². The van der Waals surface area contributed by atoms with Gasteiger partial charge in [0.15, 0.2) is 0 Å². The molecule has 0 heterocycles. The van der Waals surface area contributed by atoms with Crippen molar-refractivity contribution in [3.63, 3.8) is 0 Å². The van der Waals surface area contributed by atoms with Crippen LogP contribution in [0.15, 0.2) is 0 Å². The predicted octanol–water partition coefficient (Wildman–Crippen LogP) is 1.36. The van der Waals surface area contributed by atoms with Crippen LogP contribution >= 0.6 is 17.0 Å². The van der Waals surface area contributed by atoms with Crippen molar-refractivity contribution in [2.75, 3.05) is 13.4 Å². The van der Waals surface area contributed by atoms with E-state index in [-0.39, 0.29) is 5.91 Å². The second-order valence-electron chi connectivity index (χ2n) is 1.53. The molecule has 0 aliphatic heterocycles. The second-order valence-corrected chi connectivity index (χ2v) is 8.35. The van der Waals surface area contributed by atoms with E-state index in [4.69, 9.17) is 16.3 Å². The van der Waals surface area contributed by atoms with Gasteiger partial charge >= 0.3 is 0 Å². The first-order valence-electron chi connectivity index (χ1n) is 2.54. The maximum Gasteiger partial charge on any atom is 0.222 e. The first-order valence-corrected chi connectivity index (χ1v) is 7.09. The molecule has 0 aromatic carbocycles. The van der Waals surface area contributed by atoms with Gasteiger partial charge in [0.1, 0.15) is 0 Å². The van der Waals surface area contributed by atoms with Gasteiger partial charge in [-0.05, 0) is 18.1 Å². The number of carbonyl (C=O) groups is 1. The van der Waals surface area contributed by atoms with E-state index in [0.717, 1.165) is 0 Å². The first kappa shape index (κ1) is 10.4. The molecular weight excluding hydrogens is 189 g/mol. The quantitative estimate of drug-likeness (QED) is 0.696. The molecule has 6 heteroatoms. The number of hydrogen-bond acceptors (Lipinski definition) is 4. The molecule has 60 valence electrons. The fraction of sp³-hybridized carbons (Fsp3) is 0.750. The summed E-state index contributed by atoms with van der Waals surface area (Å²) in [4.78, 5) is 10.5. The van der Waals surface area contributed by atoms with Crippen LogP contribution in [-0.2, 0) is 21.1 Å². The Morgan fingerprint density at radius 3 is 2.40 bits per heavy atom. The summed E-state index contributed by atoms with van der Waals surface area (Å²) >= 11 is 6.37. The van der Waals surface area contributed by atoms with E-state index in [9.17, 15) is 4.79 Å². The Morgan fingerprint density at radius 2 is 2.30 bits per heavy atom. The fourth-order valence-corrected chi connectivity index (χ4v) is 2.57. The van der Waals surface area contributed by atoms with Crippen molar-refractivity contribution < 1.29 is 9.32 Å². The third kappa shape index (κ3) is 3.56. The van der Waals surface area contributed by atoms with Gasteiger partial charge in [-0.1, -0.05) is 11.4 Å². The molecule has 10 heavy (non-hydrogen) atoms. The number of carbonyl (C=O) groups excluding carboxylic acids is 1. The van der Waals surface area contributed by atoms with Gasteiger partial charge in [0.2, 0.25) is 11.5 Å². The smallest absolute Gasteiger partial charge is 0.222 e. The normalized spacial score (nSPS) is 15.9. The SMILES string of the molecule is COP(=S)(NC(C)=O)SC. The topological polar surface area (TPSA) is 38.3 Å². The number of amides is 1. The van der Waals surface area contributed by atoms with Gasteiger partial charge in [-0.25, -0.2) is 0 Å². The molecule has 0 aromatic rings. The van der Waals surface area contributed by atoms with Crippen LogP contribution in [0.3, 0.4) is 0 Å². The third-order valence-corrected chi connectivity index (χ3v) is 6.55. The van der Waals surface area contributed by atoms with Crippen molar-refractivity contribution in [3.05, 3.63) is 0 Å². The second kappa shape index (κ2) is 4.34. The van der Waals surface area contributed by atoms with E-state index in [1.54, 1.807) is 0 Å². The molecule has 3 nitrogen and oxygen atoms in total. The maximum atomic E-state index is 10.5. The van der Waals surface area contributed by atoms with E-state index in [1.165, 1.54) is 25.4 Å². The lowest BCUT2D eigenvalue weighted by atomic mass is 10.8. The number of nitrogens with one attached hydrogen (secondary N) is 1. The van der Waals surface area contributed by atoms with Crippen LogP contribution < -0.4 is 5.09 Å². The van der Waals surface area contributed by atoms with Crippen molar-refractivity contribution in [3.8, 4) is 0 Å². The Balaban J connectivity index is 4.07. The molecule has 1 N–H and O–H groups in total. The van der Waals surface area contributed by atoms with E-state index in [2.05, 4.69) is 5.09 Å². The maximum absolute atomic E-state index is 10.5. The molecular formula is C4H10NO2PS2. The molecule has 0 radical (unpaired) electrons. The summed E-state index contributed by atoms with van der Waals surface area (Å²) in [5, 5.41) is 2.58. The minimum Gasteiger partial charge on any atom is -0.330 e. The van der Waals surface area contributed by atoms with Crippen LogP contribution in [-0.4, -0.2) is 19.3 Å². The van der Waals surface area contributed by atoms with E-state index in [0.29, 0.717) is 0 Å². The van der Waals surface area contributed by atoms with Crippen LogP contribution in [0, 0.1) is 0 Å². The van der Waals surface area contributed by atoms with Gasteiger partial charge in [-0.3, -0.25) is 9.88 Å². The van der Waals surface area contributed by atoms with Crippen molar-refractivity contribution in [1.29, 1.82) is 0 Å². The number of rotatable bonds is 3. The van der Waals surface area contributed by atoms with E-state index >= 15 is 0 Å². The summed E-state index contributed by atoms with van der Waals surface area (Å²) in [5.41, 5.74) is -2.09. The van der Waals surface area contributed by atoms with Crippen molar-refractivity contribution >= 4 is 34.7 Å². The largest absolute Gasteiger partial charge is 0.330 e. The Hall–Kier alpha value is 0.430. The summed E-state index contributed by atoms with van der Waals surface area (Å²) in [6.07, 6.45) is 1.82. The average molecular weight is 199 g/mol. The van der Waals surface area contributed by atoms with Gasteiger partial charge in [-0.2, -0.15) is 0 Å². The highest BCUT2D eigenvalue weighted by Gasteiger charge is 2.14. The van der Waals surface area contributed by atoms with E-state index < -0.39 is 5.62 Å². The summed E-state index contributed by atoms with van der Waals surface area (Å²) in [6.45, 7) is 1.43. The molecule has 0 aromatic heterocycles. The molecule has 1 amide bonds. The summed E-state index contributed by atoms with van der Waals surface area (Å²) < 4.78 is 4.95. The molecule has 0 aliphatic rings. The lowest BCUT2D eigenvalue weighted by Crippen LogP contribution is -2.15. The molecule has 0 rings (SSSR count). The van der Waals surface area contributed by atoms with Crippen LogP contribution in [0.4, 0.5) is 0 Å². The lowest BCUT2D eigenvalue weighted by molar-refractivity contribution is -0.117. The molecule has 0 fully saturated rings. The Labute approximate surface area is 69.8 Å². The number of hydrogen-bond donors (Lipinski definition) is 1. The molecule has 0 saturated carbocycles. The fourth-order valence-electron chi connectivity index (χ4n) is 0.359. The molecule has 1 unspecified atom stereocenters. The molecule has 0 saturated heterocycles. The highest BCUT2D eigenvalue weighted by Crippen LogP contribution is 2.53. The zero-order valence-electron chi connectivity index (χ0n) is 6.08. The Kier molecular flexibility index (Phi) is 4.52. The van der Waals surface area contributed by atoms with Gasteiger partial charge in [0.05, 0.1) is 0 Å². The Bertz CT molecular complexity index is 165. The van der Waals surface area contributed by atoms with Gasteiger partial charge < -0.3 is 4.52 Å².